The summed E-state index contributed by atoms with van der Waals surface area (Å²) >= 11 is 1.86. The Labute approximate surface area is 123 Å². The Hall–Kier alpha value is -1.52. The first-order chi connectivity index (χ1) is 9.72. The van der Waals surface area contributed by atoms with E-state index < -0.39 is 0 Å². The minimum Gasteiger partial charge on any atom is -0.486 e. The van der Waals surface area contributed by atoms with Crippen LogP contribution in [0.4, 0.5) is 0 Å². The van der Waals surface area contributed by atoms with Crippen LogP contribution in [-0.4, -0.2) is 13.2 Å². The molecule has 1 aliphatic rings. The molecule has 0 saturated heterocycles. The summed E-state index contributed by atoms with van der Waals surface area (Å²) in [5.41, 5.74) is 2.61. The third kappa shape index (κ3) is 2.97. The number of hydrogen-bond acceptors (Lipinski definition) is 4. The Morgan fingerprint density at radius 2 is 1.85 bits per heavy atom. The molecule has 0 spiro atoms. The molecule has 1 aliphatic heterocycles. The molecule has 2 aromatic rings. The van der Waals surface area contributed by atoms with Crippen LogP contribution in [0.1, 0.15) is 20.9 Å². The minimum atomic E-state index is 0.636. The molecular weight excluding hydrogens is 270 g/mol. The Kier molecular flexibility index (Phi) is 3.94. The highest BCUT2D eigenvalue weighted by molar-refractivity contribution is 7.12. The van der Waals surface area contributed by atoms with Crippen LogP contribution in [0.25, 0.3) is 0 Å². The molecule has 0 atom stereocenters. The van der Waals surface area contributed by atoms with Gasteiger partial charge in [0.25, 0.3) is 0 Å². The second-order valence-corrected chi connectivity index (χ2v) is 6.48. The van der Waals surface area contributed by atoms with E-state index in [0.29, 0.717) is 13.2 Å². The quantitative estimate of drug-likeness (QED) is 0.935. The molecule has 0 amide bonds. The summed E-state index contributed by atoms with van der Waals surface area (Å²) in [5, 5.41) is 3.49. The van der Waals surface area contributed by atoms with Crippen LogP contribution in [0.15, 0.2) is 24.3 Å². The van der Waals surface area contributed by atoms with Gasteiger partial charge in [-0.2, -0.15) is 0 Å². The highest BCUT2D eigenvalue weighted by atomic mass is 32.1. The number of benzene rings is 1. The van der Waals surface area contributed by atoms with Gasteiger partial charge in [-0.25, -0.2) is 0 Å². The van der Waals surface area contributed by atoms with Crippen molar-refractivity contribution in [1.82, 2.24) is 5.32 Å². The fourth-order valence-electron chi connectivity index (χ4n) is 2.40. The van der Waals surface area contributed by atoms with Crippen molar-refractivity contribution in [3.8, 4) is 11.5 Å². The molecule has 0 aliphatic carbocycles. The van der Waals surface area contributed by atoms with E-state index in [2.05, 4.69) is 37.4 Å². The van der Waals surface area contributed by atoms with Crippen LogP contribution in [0, 0.1) is 13.8 Å². The van der Waals surface area contributed by atoms with Crippen molar-refractivity contribution in [1.29, 1.82) is 0 Å². The molecule has 1 aromatic heterocycles. The summed E-state index contributed by atoms with van der Waals surface area (Å²) in [7, 11) is 0. The fourth-order valence-corrected chi connectivity index (χ4v) is 3.34. The summed E-state index contributed by atoms with van der Waals surface area (Å²) in [6, 6.07) is 8.40. The summed E-state index contributed by atoms with van der Waals surface area (Å²) in [6.07, 6.45) is 0. The zero-order valence-corrected chi connectivity index (χ0v) is 12.7. The third-order valence-electron chi connectivity index (χ3n) is 3.39. The van der Waals surface area contributed by atoms with Gasteiger partial charge in [-0.1, -0.05) is 6.07 Å². The van der Waals surface area contributed by atoms with Gasteiger partial charge in [-0.15, -0.1) is 11.3 Å². The van der Waals surface area contributed by atoms with Gasteiger partial charge in [0.1, 0.15) is 13.2 Å². The average Bonchev–Trinajstić information content (AvgIpc) is 2.77. The zero-order valence-electron chi connectivity index (χ0n) is 11.9. The van der Waals surface area contributed by atoms with Crippen molar-refractivity contribution in [2.24, 2.45) is 0 Å². The van der Waals surface area contributed by atoms with Gasteiger partial charge in [0.2, 0.25) is 0 Å². The van der Waals surface area contributed by atoms with Gasteiger partial charge in [0, 0.05) is 22.8 Å². The normalized spacial score (nSPS) is 13.5. The van der Waals surface area contributed by atoms with Crippen molar-refractivity contribution in [2.75, 3.05) is 13.2 Å². The molecule has 0 fully saturated rings. The Morgan fingerprint density at radius 1 is 1.05 bits per heavy atom. The van der Waals surface area contributed by atoms with Gasteiger partial charge >= 0.3 is 0 Å². The molecule has 0 unspecified atom stereocenters. The van der Waals surface area contributed by atoms with E-state index in [1.807, 2.05) is 17.4 Å². The maximum Gasteiger partial charge on any atom is 0.161 e. The lowest BCUT2D eigenvalue weighted by molar-refractivity contribution is 0.171. The first kappa shape index (κ1) is 13.5. The Bertz CT molecular complexity index is 607. The summed E-state index contributed by atoms with van der Waals surface area (Å²) in [6.45, 7) is 7.36. The van der Waals surface area contributed by atoms with Crippen LogP contribution in [0.2, 0.25) is 0 Å². The maximum absolute atomic E-state index is 5.60. The second-order valence-electron chi connectivity index (χ2n) is 5.02. The maximum atomic E-state index is 5.60. The first-order valence-electron chi connectivity index (χ1n) is 6.87. The van der Waals surface area contributed by atoms with Crippen LogP contribution in [0.5, 0.6) is 11.5 Å². The van der Waals surface area contributed by atoms with Crippen LogP contribution in [-0.2, 0) is 13.1 Å². The molecule has 3 rings (SSSR count). The minimum absolute atomic E-state index is 0.636. The van der Waals surface area contributed by atoms with Crippen molar-refractivity contribution in [2.45, 2.75) is 26.9 Å². The number of rotatable bonds is 4. The molecule has 106 valence electrons. The average molecular weight is 289 g/mol. The number of nitrogens with one attached hydrogen (secondary N) is 1. The number of hydrogen-bond donors (Lipinski definition) is 1. The van der Waals surface area contributed by atoms with E-state index in [-0.39, 0.29) is 0 Å². The third-order valence-corrected chi connectivity index (χ3v) is 4.40. The molecule has 1 N–H and O–H groups in total. The summed E-state index contributed by atoms with van der Waals surface area (Å²) in [4.78, 5) is 2.77. The van der Waals surface area contributed by atoms with Gasteiger partial charge in [-0.05, 0) is 43.2 Å². The lowest BCUT2D eigenvalue weighted by Crippen LogP contribution is -2.16. The number of ether oxygens (including phenoxy) is 2. The monoisotopic (exact) mass is 289 g/mol. The van der Waals surface area contributed by atoms with Crippen LogP contribution in [0.3, 0.4) is 0 Å². The highest BCUT2D eigenvalue weighted by Crippen LogP contribution is 2.30. The van der Waals surface area contributed by atoms with Crippen LogP contribution < -0.4 is 14.8 Å². The SMILES string of the molecule is Cc1cc(CNCc2ccc3c(c2)OCCO3)c(C)s1. The Balaban J connectivity index is 1.60. The summed E-state index contributed by atoms with van der Waals surface area (Å²) < 4.78 is 11.1. The Morgan fingerprint density at radius 3 is 2.60 bits per heavy atom. The molecular formula is C16H19NO2S. The van der Waals surface area contributed by atoms with Gasteiger partial charge < -0.3 is 14.8 Å². The molecule has 0 saturated carbocycles. The fraction of sp³-hybridized carbons (Fsp3) is 0.375. The molecule has 20 heavy (non-hydrogen) atoms. The van der Waals surface area contributed by atoms with E-state index in [1.165, 1.54) is 20.9 Å². The van der Waals surface area contributed by atoms with E-state index in [4.69, 9.17) is 9.47 Å². The van der Waals surface area contributed by atoms with E-state index in [1.54, 1.807) is 0 Å². The molecule has 0 radical (unpaired) electrons. The largest absolute Gasteiger partial charge is 0.486 e. The first-order valence-corrected chi connectivity index (χ1v) is 7.69. The zero-order chi connectivity index (χ0) is 13.9. The van der Waals surface area contributed by atoms with Gasteiger partial charge in [0.15, 0.2) is 11.5 Å². The van der Waals surface area contributed by atoms with E-state index in [9.17, 15) is 0 Å². The lowest BCUT2D eigenvalue weighted by atomic mass is 10.2. The molecule has 1 aromatic carbocycles. The van der Waals surface area contributed by atoms with Gasteiger partial charge in [0.05, 0.1) is 0 Å². The van der Waals surface area contributed by atoms with E-state index in [0.717, 1.165) is 24.6 Å². The topological polar surface area (TPSA) is 30.5 Å². The second kappa shape index (κ2) is 5.85. The summed E-state index contributed by atoms with van der Waals surface area (Å²) in [5.74, 6) is 1.71. The van der Waals surface area contributed by atoms with Crippen LogP contribution >= 0.6 is 11.3 Å². The molecule has 0 bridgehead atoms. The molecule has 2 heterocycles. The molecule has 3 nitrogen and oxygen atoms in total. The predicted octanol–water partition coefficient (Wildman–Crippen LogP) is 3.43. The van der Waals surface area contributed by atoms with Crippen molar-refractivity contribution < 1.29 is 9.47 Å². The van der Waals surface area contributed by atoms with Gasteiger partial charge in [-0.3, -0.25) is 0 Å². The molecule has 4 heteroatoms. The van der Waals surface area contributed by atoms with Crippen molar-refractivity contribution >= 4 is 11.3 Å². The highest BCUT2D eigenvalue weighted by Gasteiger charge is 2.11. The van der Waals surface area contributed by atoms with Crippen molar-refractivity contribution in [3.63, 3.8) is 0 Å². The lowest BCUT2D eigenvalue weighted by Gasteiger charge is -2.19. The number of thiophene rings is 1. The predicted molar refractivity (Wildman–Crippen MR) is 81.8 cm³/mol. The standard InChI is InChI=1S/C16H19NO2S/c1-11-7-14(12(2)20-11)10-17-9-13-3-4-15-16(8-13)19-6-5-18-15/h3-4,7-8,17H,5-6,9-10H2,1-2H3. The number of fused-ring (bicyclic) bond motifs is 1. The number of aryl methyl sites for hydroxylation is 2. The van der Waals surface area contributed by atoms with E-state index >= 15 is 0 Å². The van der Waals surface area contributed by atoms with Crippen molar-refractivity contribution in [3.05, 3.63) is 45.1 Å². The smallest absolute Gasteiger partial charge is 0.161 e.